The number of aromatic nitrogens is 2. The molecule has 0 radical (unpaired) electrons. The zero-order valence-corrected chi connectivity index (χ0v) is 11.3. The third-order valence-corrected chi connectivity index (χ3v) is 3.91. The molecule has 0 aliphatic heterocycles. The van der Waals surface area contributed by atoms with E-state index in [0.29, 0.717) is 0 Å². The molecule has 0 fully saturated rings. The van der Waals surface area contributed by atoms with Gasteiger partial charge in [-0.25, -0.2) is 4.39 Å². The van der Waals surface area contributed by atoms with Gasteiger partial charge in [0.15, 0.2) is 0 Å². The number of nitrogens with zero attached hydrogens (tertiary/aromatic N) is 2. The van der Waals surface area contributed by atoms with Gasteiger partial charge in [-0.05, 0) is 43.9 Å². The molecule has 19 heavy (non-hydrogen) atoms. The molecule has 0 saturated heterocycles. The van der Waals surface area contributed by atoms with Gasteiger partial charge in [-0.2, -0.15) is 5.10 Å². The lowest BCUT2D eigenvalue weighted by Crippen LogP contribution is -2.18. The molecule has 1 aliphatic carbocycles. The van der Waals surface area contributed by atoms with E-state index in [9.17, 15) is 4.39 Å². The predicted molar refractivity (Wildman–Crippen MR) is 73.6 cm³/mol. The summed E-state index contributed by atoms with van der Waals surface area (Å²) in [5, 5.41) is 7.80. The Bertz CT molecular complexity index is 603. The lowest BCUT2D eigenvalue weighted by Gasteiger charge is -2.25. The van der Waals surface area contributed by atoms with Crippen LogP contribution in [0.1, 0.15) is 35.7 Å². The standard InChI is InChI=1S/C15H18FN3/c1-10-6-7-11(16)8-14(10)18-13-4-3-5-15-12(13)9-17-19(15)2/h6-9,13,18H,3-5H2,1-2H3. The van der Waals surface area contributed by atoms with Crippen LogP contribution in [0.3, 0.4) is 0 Å². The monoisotopic (exact) mass is 259 g/mol. The first-order valence-corrected chi connectivity index (χ1v) is 6.68. The average Bonchev–Trinajstić information content (AvgIpc) is 2.77. The lowest BCUT2D eigenvalue weighted by molar-refractivity contribution is 0.570. The topological polar surface area (TPSA) is 29.9 Å². The Morgan fingerprint density at radius 2 is 2.26 bits per heavy atom. The molecule has 0 bridgehead atoms. The van der Waals surface area contributed by atoms with Crippen LogP contribution in [-0.2, 0) is 13.5 Å². The van der Waals surface area contributed by atoms with Crippen LogP contribution < -0.4 is 5.32 Å². The highest BCUT2D eigenvalue weighted by Crippen LogP contribution is 2.33. The molecule has 3 nitrogen and oxygen atoms in total. The minimum atomic E-state index is -0.199. The SMILES string of the molecule is Cc1ccc(F)cc1NC1CCCc2c1cnn2C. The fourth-order valence-electron chi connectivity index (χ4n) is 2.79. The number of rotatable bonds is 2. The summed E-state index contributed by atoms with van der Waals surface area (Å²) in [5.41, 5.74) is 4.48. The van der Waals surface area contributed by atoms with Crippen molar-refractivity contribution in [3.8, 4) is 0 Å². The number of fused-ring (bicyclic) bond motifs is 1. The highest BCUT2D eigenvalue weighted by molar-refractivity contribution is 5.52. The highest BCUT2D eigenvalue weighted by atomic mass is 19.1. The summed E-state index contributed by atoms with van der Waals surface area (Å²) in [4.78, 5) is 0. The predicted octanol–water partition coefficient (Wildman–Crippen LogP) is 3.36. The van der Waals surface area contributed by atoms with Gasteiger partial charge in [-0.1, -0.05) is 6.07 Å². The molecule has 100 valence electrons. The number of halogens is 1. The maximum atomic E-state index is 13.3. The summed E-state index contributed by atoms with van der Waals surface area (Å²) in [6.45, 7) is 1.99. The summed E-state index contributed by atoms with van der Waals surface area (Å²) in [5.74, 6) is -0.199. The van der Waals surface area contributed by atoms with E-state index in [2.05, 4.69) is 10.4 Å². The van der Waals surface area contributed by atoms with Crippen molar-refractivity contribution in [3.05, 3.63) is 47.0 Å². The smallest absolute Gasteiger partial charge is 0.125 e. The Kier molecular flexibility index (Phi) is 3.01. The van der Waals surface area contributed by atoms with Gasteiger partial charge < -0.3 is 5.32 Å². The number of benzene rings is 1. The molecule has 3 rings (SSSR count). The average molecular weight is 259 g/mol. The summed E-state index contributed by atoms with van der Waals surface area (Å²) in [6.07, 6.45) is 5.21. The van der Waals surface area contributed by atoms with Gasteiger partial charge in [0.2, 0.25) is 0 Å². The fourth-order valence-corrected chi connectivity index (χ4v) is 2.79. The van der Waals surface area contributed by atoms with E-state index in [0.717, 1.165) is 30.5 Å². The van der Waals surface area contributed by atoms with E-state index in [1.807, 2.05) is 30.9 Å². The molecule has 1 N–H and O–H groups in total. The number of aryl methyl sites for hydroxylation is 2. The molecule has 0 spiro atoms. The van der Waals surface area contributed by atoms with Crippen molar-refractivity contribution in [3.63, 3.8) is 0 Å². The van der Waals surface area contributed by atoms with Gasteiger partial charge in [0.25, 0.3) is 0 Å². The molecular formula is C15H18FN3. The zero-order chi connectivity index (χ0) is 13.4. The van der Waals surface area contributed by atoms with Crippen molar-refractivity contribution in [2.45, 2.75) is 32.2 Å². The van der Waals surface area contributed by atoms with Gasteiger partial charge in [0.1, 0.15) is 5.82 Å². The molecule has 4 heteroatoms. The highest BCUT2D eigenvalue weighted by Gasteiger charge is 2.23. The van der Waals surface area contributed by atoms with Crippen LogP contribution in [-0.4, -0.2) is 9.78 Å². The van der Waals surface area contributed by atoms with E-state index in [4.69, 9.17) is 0 Å². The van der Waals surface area contributed by atoms with E-state index in [1.54, 1.807) is 6.07 Å². The number of anilines is 1. The molecule has 1 aromatic carbocycles. The first kappa shape index (κ1) is 12.2. The van der Waals surface area contributed by atoms with Crippen molar-refractivity contribution in [1.82, 2.24) is 9.78 Å². The molecular weight excluding hydrogens is 241 g/mol. The normalized spacial score (nSPS) is 18.2. The van der Waals surface area contributed by atoms with Crippen LogP contribution in [0.4, 0.5) is 10.1 Å². The number of nitrogens with one attached hydrogen (secondary N) is 1. The van der Waals surface area contributed by atoms with Crippen molar-refractivity contribution in [2.24, 2.45) is 7.05 Å². The maximum Gasteiger partial charge on any atom is 0.125 e. The maximum absolute atomic E-state index is 13.3. The van der Waals surface area contributed by atoms with Crippen LogP contribution in [0.15, 0.2) is 24.4 Å². The van der Waals surface area contributed by atoms with Crippen molar-refractivity contribution in [1.29, 1.82) is 0 Å². The van der Waals surface area contributed by atoms with E-state index >= 15 is 0 Å². The second kappa shape index (κ2) is 4.68. The van der Waals surface area contributed by atoms with Crippen LogP contribution in [0.2, 0.25) is 0 Å². The molecule has 0 saturated carbocycles. The Morgan fingerprint density at radius 1 is 1.42 bits per heavy atom. The molecule has 2 aromatic rings. The first-order chi connectivity index (χ1) is 9.15. The Hall–Kier alpha value is -1.84. The van der Waals surface area contributed by atoms with Crippen molar-refractivity contribution in [2.75, 3.05) is 5.32 Å². The lowest BCUT2D eigenvalue weighted by atomic mass is 9.92. The van der Waals surface area contributed by atoms with Gasteiger partial charge in [0, 0.05) is 24.0 Å². The second-order valence-corrected chi connectivity index (χ2v) is 5.22. The van der Waals surface area contributed by atoms with Crippen molar-refractivity contribution >= 4 is 5.69 Å². The van der Waals surface area contributed by atoms with Gasteiger partial charge in [-0.3, -0.25) is 4.68 Å². The third kappa shape index (κ3) is 2.23. The molecule has 1 atom stereocenters. The molecule has 1 heterocycles. The van der Waals surface area contributed by atoms with E-state index in [1.165, 1.54) is 17.3 Å². The third-order valence-electron chi connectivity index (χ3n) is 3.91. The van der Waals surface area contributed by atoms with Crippen LogP contribution >= 0.6 is 0 Å². The Morgan fingerprint density at radius 3 is 3.11 bits per heavy atom. The molecule has 1 aromatic heterocycles. The van der Waals surface area contributed by atoms with Crippen molar-refractivity contribution < 1.29 is 4.39 Å². The molecule has 1 unspecified atom stereocenters. The molecule has 1 aliphatic rings. The van der Waals surface area contributed by atoms with Gasteiger partial charge >= 0.3 is 0 Å². The van der Waals surface area contributed by atoms with Gasteiger partial charge in [0.05, 0.1) is 12.2 Å². The second-order valence-electron chi connectivity index (χ2n) is 5.22. The largest absolute Gasteiger partial charge is 0.378 e. The number of hydrogen-bond acceptors (Lipinski definition) is 2. The van der Waals surface area contributed by atoms with Crippen LogP contribution in [0, 0.1) is 12.7 Å². The first-order valence-electron chi connectivity index (χ1n) is 6.68. The minimum Gasteiger partial charge on any atom is -0.378 e. The number of hydrogen-bond donors (Lipinski definition) is 1. The minimum absolute atomic E-state index is 0.199. The van der Waals surface area contributed by atoms with E-state index < -0.39 is 0 Å². The van der Waals surface area contributed by atoms with E-state index in [-0.39, 0.29) is 11.9 Å². The zero-order valence-electron chi connectivity index (χ0n) is 11.3. The quantitative estimate of drug-likeness (QED) is 0.896. The summed E-state index contributed by atoms with van der Waals surface area (Å²) < 4.78 is 15.3. The van der Waals surface area contributed by atoms with Crippen LogP contribution in [0.25, 0.3) is 0 Å². The Balaban J connectivity index is 1.90. The van der Waals surface area contributed by atoms with Gasteiger partial charge in [-0.15, -0.1) is 0 Å². The summed E-state index contributed by atoms with van der Waals surface area (Å²) in [7, 11) is 1.98. The van der Waals surface area contributed by atoms with Crippen LogP contribution in [0.5, 0.6) is 0 Å². The molecule has 0 amide bonds. The fraction of sp³-hybridized carbons (Fsp3) is 0.400. The Labute approximate surface area is 112 Å². The summed E-state index contributed by atoms with van der Waals surface area (Å²) in [6, 6.07) is 5.11. The summed E-state index contributed by atoms with van der Waals surface area (Å²) >= 11 is 0.